The summed E-state index contributed by atoms with van der Waals surface area (Å²) in [5.74, 6) is 0. The van der Waals surface area contributed by atoms with E-state index in [1.807, 2.05) is 5.38 Å². The van der Waals surface area contributed by atoms with Crippen LogP contribution in [0.15, 0.2) is 35.8 Å². The largest absolute Gasteiger partial charge is 0.445 e. The van der Waals surface area contributed by atoms with Gasteiger partial charge >= 0.3 is 6.09 Å². The maximum absolute atomic E-state index is 11.5. The summed E-state index contributed by atoms with van der Waals surface area (Å²) in [5.41, 5.74) is 0.697. The zero-order chi connectivity index (χ0) is 15.1. The molecule has 110 valence electrons. The molecule has 0 atom stereocenters. The minimum absolute atomic E-state index is 0.00616. The summed E-state index contributed by atoms with van der Waals surface area (Å²) in [7, 11) is 0. The third-order valence-corrected chi connectivity index (χ3v) is 3.45. The summed E-state index contributed by atoms with van der Waals surface area (Å²) in [5, 5.41) is 15.9. The van der Waals surface area contributed by atoms with Gasteiger partial charge in [-0.1, -0.05) is 0 Å². The molecule has 2 rings (SSSR count). The Balaban J connectivity index is 1.69. The van der Waals surface area contributed by atoms with Crippen LogP contribution in [-0.2, 0) is 17.8 Å². The van der Waals surface area contributed by atoms with Crippen LogP contribution < -0.4 is 5.32 Å². The average molecular weight is 307 g/mol. The van der Waals surface area contributed by atoms with Gasteiger partial charge < -0.3 is 10.1 Å². The molecule has 0 spiro atoms. The van der Waals surface area contributed by atoms with Crippen LogP contribution in [0.5, 0.6) is 0 Å². The second kappa shape index (κ2) is 7.34. The van der Waals surface area contributed by atoms with E-state index in [1.165, 1.54) is 23.5 Å². The number of alkyl carbamates (subject to hydrolysis) is 1. The van der Waals surface area contributed by atoms with E-state index in [1.54, 1.807) is 18.3 Å². The predicted octanol–water partition coefficient (Wildman–Crippen LogP) is 2.52. The number of carbonyl (C=O) groups is 1. The number of rotatable bonds is 6. The lowest BCUT2D eigenvalue weighted by Gasteiger charge is -2.06. The number of thiazole rings is 1. The van der Waals surface area contributed by atoms with Crippen LogP contribution in [0.25, 0.3) is 0 Å². The van der Waals surface area contributed by atoms with E-state index in [0.29, 0.717) is 18.5 Å². The van der Waals surface area contributed by atoms with Crippen LogP contribution in [0.1, 0.15) is 10.6 Å². The molecule has 0 aliphatic heterocycles. The molecule has 7 nitrogen and oxygen atoms in total. The summed E-state index contributed by atoms with van der Waals surface area (Å²) in [4.78, 5) is 25.6. The SMILES string of the molecule is O=C(NCCc1nccs1)OCc1ccc([N+](=O)[O-])cc1. The third-order valence-electron chi connectivity index (χ3n) is 2.61. The van der Waals surface area contributed by atoms with E-state index >= 15 is 0 Å². The van der Waals surface area contributed by atoms with Gasteiger partial charge in [0, 0.05) is 36.7 Å². The second-order valence-corrected chi connectivity index (χ2v) is 5.08. The first kappa shape index (κ1) is 14.9. The first-order valence-corrected chi connectivity index (χ1v) is 7.05. The van der Waals surface area contributed by atoms with Crippen molar-refractivity contribution < 1.29 is 14.5 Å². The smallest absolute Gasteiger partial charge is 0.407 e. The standard InChI is InChI=1S/C13H13N3O4S/c17-13(15-6-5-12-14-7-8-21-12)20-9-10-1-3-11(4-2-10)16(18)19/h1-4,7-8H,5-6,9H2,(H,15,17). The van der Waals surface area contributed by atoms with Gasteiger partial charge in [0.2, 0.25) is 0 Å². The number of nitro benzene ring substituents is 1. The van der Waals surface area contributed by atoms with Crippen molar-refractivity contribution in [3.63, 3.8) is 0 Å². The number of amides is 1. The summed E-state index contributed by atoms with van der Waals surface area (Å²) in [6, 6.07) is 5.86. The van der Waals surface area contributed by atoms with Crippen LogP contribution in [0, 0.1) is 10.1 Å². The molecule has 0 saturated carbocycles. The van der Waals surface area contributed by atoms with E-state index in [-0.39, 0.29) is 12.3 Å². The normalized spacial score (nSPS) is 10.1. The molecule has 0 aliphatic rings. The Labute approximate surface area is 124 Å². The van der Waals surface area contributed by atoms with Gasteiger partial charge in [-0.2, -0.15) is 0 Å². The van der Waals surface area contributed by atoms with Crippen molar-refractivity contribution in [1.29, 1.82) is 0 Å². The fraction of sp³-hybridized carbons (Fsp3) is 0.231. The van der Waals surface area contributed by atoms with Crippen molar-refractivity contribution >= 4 is 23.1 Å². The molecule has 1 heterocycles. The minimum atomic E-state index is -0.523. The highest BCUT2D eigenvalue weighted by atomic mass is 32.1. The molecule has 0 unspecified atom stereocenters. The lowest BCUT2D eigenvalue weighted by atomic mass is 10.2. The number of hydrogen-bond acceptors (Lipinski definition) is 6. The number of ether oxygens (including phenoxy) is 1. The Kier molecular flexibility index (Phi) is 5.22. The highest BCUT2D eigenvalue weighted by molar-refractivity contribution is 7.09. The molecule has 8 heteroatoms. The minimum Gasteiger partial charge on any atom is -0.445 e. The first-order valence-electron chi connectivity index (χ1n) is 6.17. The summed E-state index contributed by atoms with van der Waals surface area (Å²) >= 11 is 1.53. The summed E-state index contributed by atoms with van der Waals surface area (Å²) in [6.07, 6.45) is 1.85. The van der Waals surface area contributed by atoms with Crippen LogP contribution >= 0.6 is 11.3 Å². The summed E-state index contributed by atoms with van der Waals surface area (Å²) < 4.78 is 5.01. The highest BCUT2D eigenvalue weighted by Crippen LogP contribution is 2.12. The number of nitrogens with one attached hydrogen (secondary N) is 1. The molecule has 0 fully saturated rings. The van der Waals surface area contributed by atoms with Gasteiger partial charge in [0.25, 0.3) is 5.69 Å². The van der Waals surface area contributed by atoms with E-state index in [9.17, 15) is 14.9 Å². The van der Waals surface area contributed by atoms with Gasteiger partial charge in [-0.15, -0.1) is 11.3 Å². The lowest BCUT2D eigenvalue weighted by Crippen LogP contribution is -2.26. The number of nitrogens with zero attached hydrogens (tertiary/aromatic N) is 2. The van der Waals surface area contributed by atoms with Crippen molar-refractivity contribution in [3.05, 3.63) is 56.5 Å². The van der Waals surface area contributed by atoms with E-state index < -0.39 is 11.0 Å². The molecule has 0 saturated heterocycles. The Bertz CT molecular complexity index is 598. The molecular formula is C13H13N3O4S. The molecule has 0 bridgehead atoms. The van der Waals surface area contributed by atoms with Crippen LogP contribution in [0.4, 0.5) is 10.5 Å². The highest BCUT2D eigenvalue weighted by Gasteiger charge is 2.06. The maximum Gasteiger partial charge on any atom is 0.407 e. The topological polar surface area (TPSA) is 94.4 Å². The van der Waals surface area contributed by atoms with Gasteiger partial charge in [0.1, 0.15) is 6.61 Å². The van der Waals surface area contributed by atoms with Crippen LogP contribution in [0.3, 0.4) is 0 Å². The third kappa shape index (κ3) is 4.84. The number of aromatic nitrogens is 1. The molecule has 2 aromatic rings. The predicted molar refractivity (Wildman–Crippen MR) is 77.1 cm³/mol. The van der Waals surface area contributed by atoms with Crippen molar-refractivity contribution in [2.45, 2.75) is 13.0 Å². The van der Waals surface area contributed by atoms with E-state index in [2.05, 4.69) is 10.3 Å². The Morgan fingerprint density at radius 2 is 2.14 bits per heavy atom. The maximum atomic E-state index is 11.5. The van der Waals surface area contributed by atoms with Crippen molar-refractivity contribution in [3.8, 4) is 0 Å². The zero-order valence-electron chi connectivity index (χ0n) is 11.0. The van der Waals surface area contributed by atoms with Gasteiger partial charge in [0.15, 0.2) is 0 Å². The summed E-state index contributed by atoms with van der Waals surface area (Å²) in [6.45, 7) is 0.522. The molecular weight excluding hydrogens is 294 g/mol. The Morgan fingerprint density at radius 3 is 2.76 bits per heavy atom. The number of hydrogen-bond donors (Lipinski definition) is 1. The lowest BCUT2D eigenvalue weighted by molar-refractivity contribution is -0.384. The molecule has 1 aromatic carbocycles. The Hall–Kier alpha value is -2.48. The molecule has 1 amide bonds. The van der Waals surface area contributed by atoms with Crippen LogP contribution in [0.2, 0.25) is 0 Å². The second-order valence-electron chi connectivity index (χ2n) is 4.10. The van der Waals surface area contributed by atoms with Crippen molar-refractivity contribution in [2.24, 2.45) is 0 Å². The van der Waals surface area contributed by atoms with E-state index in [4.69, 9.17) is 4.74 Å². The van der Waals surface area contributed by atoms with Gasteiger partial charge in [-0.25, -0.2) is 9.78 Å². The van der Waals surface area contributed by atoms with Gasteiger partial charge in [-0.05, 0) is 17.7 Å². The molecule has 0 aliphatic carbocycles. The number of non-ortho nitro benzene ring substituents is 1. The molecule has 0 radical (unpaired) electrons. The number of nitro groups is 1. The molecule has 1 N–H and O–H groups in total. The van der Waals surface area contributed by atoms with Crippen molar-refractivity contribution in [2.75, 3.05) is 6.54 Å². The average Bonchev–Trinajstić information content (AvgIpc) is 2.99. The quantitative estimate of drug-likeness (QED) is 0.653. The van der Waals surface area contributed by atoms with Gasteiger partial charge in [0.05, 0.1) is 9.93 Å². The van der Waals surface area contributed by atoms with E-state index in [0.717, 1.165) is 5.01 Å². The fourth-order valence-corrected chi connectivity index (χ4v) is 2.18. The first-order chi connectivity index (χ1) is 10.1. The molecule has 1 aromatic heterocycles. The monoisotopic (exact) mass is 307 g/mol. The zero-order valence-corrected chi connectivity index (χ0v) is 11.8. The van der Waals surface area contributed by atoms with Gasteiger partial charge in [-0.3, -0.25) is 10.1 Å². The van der Waals surface area contributed by atoms with Crippen molar-refractivity contribution in [1.82, 2.24) is 10.3 Å². The Morgan fingerprint density at radius 1 is 1.38 bits per heavy atom. The number of benzene rings is 1. The fourth-order valence-electron chi connectivity index (χ4n) is 1.56. The number of carbonyl (C=O) groups excluding carboxylic acids is 1. The molecule has 21 heavy (non-hydrogen) atoms. The van der Waals surface area contributed by atoms with Crippen LogP contribution in [-0.4, -0.2) is 22.5 Å².